The van der Waals surface area contributed by atoms with Gasteiger partial charge >= 0.3 is 6.09 Å². The van der Waals surface area contributed by atoms with Gasteiger partial charge in [-0.15, -0.1) is 11.8 Å². The number of anilines is 1. The number of alkyl carbamates (subject to hydrolysis) is 1. The van der Waals surface area contributed by atoms with Crippen molar-refractivity contribution in [2.45, 2.75) is 37.3 Å². The van der Waals surface area contributed by atoms with E-state index in [9.17, 15) is 9.59 Å². The molecule has 26 heavy (non-hydrogen) atoms. The zero-order valence-corrected chi connectivity index (χ0v) is 16.2. The predicted octanol–water partition coefficient (Wildman–Crippen LogP) is 4.61. The molecule has 0 aliphatic heterocycles. The van der Waals surface area contributed by atoms with Crippen molar-refractivity contribution in [1.82, 2.24) is 5.32 Å². The molecular weight excluding hydrogens is 348 g/mol. The lowest BCUT2D eigenvalue weighted by molar-refractivity contribution is -0.118. The van der Waals surface area contributed by atoms with Crippen molar-refractivity contribution >= 4 is 29.4 Å². The highest BCUT2D eigenvalue weighted by Gasteiger charge is 2.25. The first kappa shape index (κ1) is 19.8. The maximum absolute atomic E-state index is 12.8. The van der Waals surface area contributed by atoms with Crippen LogP contribution in [0.3, 0.4) is 0 Å². The molecule has 0 aliphatic rings. The molecule has 0 spiro atoms. The standard InChI is InChI=1S/C20H24N2O3S/c1-20(2,3)25-19(24)22-17(14-9-6-5-7-10-14)18(23)21-15-11-8-12-16(13-15)26-4/h5-13,17H,1-4H3,(H,21,23)(H,22,24)/t17-/m0/s1. The average molecular weight is 372 g/mol. The van der Waals surface area contributed by atoms with Crippen LogP contribution < -0.4 is 10.6 Å². The number of hydrogen-bond acceptors (Lipinski definition) is 4. The molecule has 0 saturated heterocycles. The molecule has 0 unspecified atom stereocenters. The third-order valence-electron chi connectivity index (χ3n) is 3.39. The molecular formula is C20H24N2O3S. The van der Waals surface area contributed by atoms with Crippen molar-refractivity contribution in [3.63, 3.8) is 0 Å². The van der Waals surface area contributed by atoms with Crippen LogP contribution in [0.1, 0.15) is 32.4 Å². The van der Waals surface area contributed by atoms with Crippen LogP contribution in [0.15, 0.2) is 59.5 Å². The summed E-state index contributed by atoms with van der Waals surface area (Å²) < 4.78 is 5.29. The Labute approximate surface area is 158 Å². The summed E-state index contributed by atoms with van der Waals surface area (Å²) in [6, 6.07) is 15.8. The van der Waals surface area contributed by atoms with Crippen molar-refractivity contribution in [3.8, 4) is 0 Å². The second-order valence-electron chi connectivity index (χ2n) is 6.71. The van der Waals surface area contributed by atoms with Gasteiger partial charge in [-0.1, -0.05) is 36.4 Å². The van der Waals surface area contributed by atoms with Gasteiger partial charge < -0.3 is 15.4 Å². The number of amides is 2. The fourth-order valence-electron chi connectivity index (χ4n) is 2.29. The summed E-state index contributed by atoms with van der Waals surface area (Å²) in [7, 11) is 0. The van der Waals surface area contributed by atoms with Crippen LogP contribution in [-0.2, 0) is 9.53 Å². The summed E-state index contributed by atoms with van der Waals surface area (Å²) in [5, 5.41) is 5.52. The van der Waals surface area contributed by atoms with Gasteiger partial charge in [-0.3, -0.25) is 4.79 Å². The first-order chi connectivity index (χ1) is 12.3. The summed E-state index contributed by atoms with van der Waals surface area (Å²) in [4.78, 5) is 26.0. The number of carbonyl (C=O) groups is 2. The Morgan fingerprint density at radius 3 is 2.35 bits per heavy atom. The van der Waals surface area contributed by atoms with E-state index < -0.39 is 17.7 Å². The van der Waals surface area contributed by atoms with E-state index in [0.29, 0.717) is 11.3 Å². The highest BCUT2D eigenvalue weighted by atomic mass is 32.2. The smallest absolute Gasteiger partial charge is 0.408 e. The lowest BCUT2D eigenvalue weighted by Crippen LogP contribution is -2.40. The van der Waals surface area contributed by atoms with Gasteiger partial charge in [0.2, 0.25) is 0 Å². The molecule has 6 heteroatoms. The zero-order chi connectivity index (χ0) is 19.2. The van der Waals surface area contributed by atoms with Crippen LogP contribution in [0.2, 0.25) is 0 Å². The minimum atomic E-state index is -0.857. The second-order valence-corrected chi connectivity index (χ2v) is 7.59. The van der Waals surface area contributed by atoms with Crippen LogP contribution in [-0.4, -0.2) is 23.9 Å². The topological polar surface area (TPSA) is 67.4 Å². The summed E-state index contributed by atoms with van der Waals surface area (Å²) in [6.45, 7) is 5.33. The fourth-order valence-corrected chi connectivity index (χ4v) is 2.75. The third-order valence-corrected chi connectivity index (χ3v) is 4.12. The molecule has 0 radical (unpaired) electrons. The largest absolute Gasteiger partial charge is 0.444 e. The van der Waals surface area contributed by atoms with Crippen molar-refractivity contribution in [2.75, 3.05) is 11.6 Å². The Bertz CT molecular complexity index is 757. The molecule has 2 aromatic rings. The van der Waals surface area contributed by atoms with Crippen LogP contribution in [0, 0.1) is 0 Å². The summed E-state index contributed by atoms with van der Waals surface area (Å²) in [6.07, 6.45) is 1.33. The Morgan fingerprint density at radius 2 is 1.73 bits per heavy atom. The molecule has 0 aromatic heterocycles. The van der Waals surface area contributed by atoms with E-state index in [1.54, 1.807) is 44.7 Å². The van der Waals surface area contributed by atoms with E-state index in [0.717, 1.165) is 4.90 Å². The van der Waals surface area contributed by atoms with Gasteiger partial charge in [0.05, 0.1) is 0 Å². The van der Waals surface area contributed by atoms with E-state index in [2.05, 4.69) is 10.6 Å². The zero-order valence-electron chi connectivity index (χ0n) is 15.4. The number of ether oxygens (including phenoxy) is 1. The van der Waals surface area contributed by atoms with E-state index in [1.807, 2.05) is 48.7 Å². The van der Waals surface area contributed by atoms with Crippen molar-refractivity contribution in [2.24, 2.45) is 0 Å². The number of hydrogen-bond donors (Lipinski definition) is 2. The normalized spacial score (nSPS) is 12.2. The number of benzene rings is 2. The molecule has 5 nitrogen and oxygen atoms in total. The maximum Gasteiger partial charge on any atom is 0.408 e. The van der Waals surface area contributed by atoms with Crippen LogP contribution in [0.4, 0.5) is 10.5 Å². The van der Waals surface area contributed by atoms with Crippen molar-refractivity contribution in [3.05, 3.63) is 60.2 Å². The Kier molecular flexibility index (Phi) is 6.69. The highest BCUT2D eigenvalue weighted by Crippen LogP contribution is 2.21. The first-order valence-electron chi connectivity index (χ1n) is 8.28. The lowest BCUT2D eigenvalue weighted by atomic mass is 10.1. The molecule has 2 rings (SSSR count). The van der Waals surface area contributed by atoms with Crippen molar-refractivity contribution in [1.29, 1.82) is 0 Å². The van der Waals surface area contributed by atoms with Gasteiger partial charge in [0.1, 0.15) is 11.6 Å². The van der Waals surface area contributed by atoms with E-state index in [1.165, 1.54) is 0 Å². The Balaban J connectivity index is 2.19. The molecule has 0 fully saturated rings. The Morgan fingerprint density at radius 1 is 1.04 bits per heavy atom. The monoisotopic (exact) mass is 372 g/mol. The molecule has 0 bridgehead atoms. The van der Waals surface area contributed by atoms with Crippen LogP contribution >= 0.6 is 11.8 Å². The maximum atomic E-state index is 12.8. The number of thioether (sulfide) groups is 1. The molecule has 2 aromatic carbocycles. The van der Waals surface area contributed by atoms with Gasteiger partial charge in [0.15, 0.2) is 0 Å². The van der Waals surface area contributed by atoms with Gasteiger partial charge in [0, 0.05) is 10.6 Å². The fraction of sp³-hybridized carbons (Fsp3) is 0.300. The summed E-state index contributed by atoms with van der Waals surface area (Å²) in [5.74, 6) is -0.333. The van der Waals surface area contributed by atoms with Gasteiger partial charge in [-0.25, -0.2) is 4.79 Å². The molecule has 0 saturated carbocycles. The van der Waals surface area contributed by atoms with Gasteiger partial charge in [-0.2, -0.15) is 0 Å². The number of nitrogens with one attached hydrogen (secondary N) is 2. The first-order valence-corrected chi connectivity index (χ1v) is 9.50. The molecule has 0 aliphatic carbocycles. The third kappa shape index (κ3) is 6.11. The molecule has 1 atom stereocenters. The van der Waals surface area contributed by atoms with E-state index in [-0.39, 0.29) is 5.91 Å². The molecule has 2 amide bonds. The highest BCUT2D eigenvalue weighted by molar-refractivity contribution is 7.98. The second kappa shape index (κ2) is 8.76. The SMILES string of the molecule is CSc1cccc(NC(=O)[C@@H](NC(=O)OC(C)(C)C)c2ccccc2)c1. The minimum absolute atomic E-state index is 0.333. The quantitative estimate of drug-likeness (QED) is 0.752. The van der Waals surface area contributed by atoms with Gasteiger partial charge in [-0.05, 0) is 50.8 Å². The predicted molar refractivity (Wildman–Crippen MR) is 105 cm³/mol. The van der Waals surface area contributed by atoms with Crippen molar-refractivity contribution < 1.29 is 14.3 Å². The Hall–Kier alpha value is -2.47. The van der Waals surface area contributed by atoms with E-state index in [4.69, 9.17) is 4.74 Å². The summed E-state index contributed by atoms with van der Waals surface area (Å²) >= 11 is 1.59. The summed E-state index contributed by atoms with van der Waals surface area (Å²) in [5.41, 5.74) is 0.708. The average Bonchev–Trinajstić information content (AvgIpc) is 2.59. The molecule has 2 N–H and O–H groups in total. The molecule has 138 valence electrons. The number of carbonyl (C=O) groups excluding carboxylic acids is 2. The minimum Gasteiger partial charge on any atom is -0.444 e. The lowest BCUT2D eigenvalue weighted by Gasteiger charge is -2.23. The van der Waals surface area contributed by atoms with E-state index >= 15 is 0 Å². The van der Waals surface area contributed by atoms with Crippen LogP contribution in [0.5, 0.6) is 0 Å². The molecule has 0 heterocycles. The van der Waals surface area contributed by atoms with Crippen LogP contribution in [0.25, 0.3) is 0 Å². The number of rotatable bonds is 5. The van der Waals surface area contributed by atoms with Gasteiger partial charge in [0.25, 0.3) is 5.91 Å².